The summed E-state index contributed by atoms with van der Waals surface area (Å²) in [7, 11) is 0. The first-order valence-corrected chi connectivity index (χ1v) is 10.8. The van der Waals surface area contributed by atoms with Gasteiger partial charge in [-0.25, -0.2) is 0 Å². The summed E-state index contributed by atoms with van der Waals surface area (Å²) in [4.78, 5) is 26.1. The van der Waals surface area contributed by atoms with Crippen molar-refractivity contribution in [2.24, 2.45) is 5.92 Å². The summed E-state index contributed by atoms with van der Waals surface area (Å²) in [6, 6.07) is 13.8. The van der Waals surface area contributed by atoms with Gasteiger partial charge in [0.1, 0.15) is 0 Å². The third-order valence-electron chi connectivity index (χ3n) is 5.43. The molecule has 1 unspecified atom stereocenters. The predicted octanol–water partition coefficient (Wildman–Crippen LogP) is 2.70. The second-order valence-corrected chi connectivity index (χ2v) is 8.48. The molecule has 7 heteroatoms. The van der Waals surface area contributed by atoms with Gasteiger partial charge in [0.05, 0.1) is 6.04 Å². The van der Waals surface area contributed by atoms with E-state index in [1.807, 2.05) is 6.07 Å². The molecule has 3 heterocycles. The second kappa shape index (κ2) is 8.73. The lowest BCUT2D eigenvalue weighted by Crippen LogP contribution is -2.38. The van der Waals surface area contributed by atoms with Crippen molar-refractivity contribution in [3.05, 3.63) is 53.7 Å². The van der Waals surface area contributed by atoms with Gasteiger partial charge in [0.15, 0.2) is 11.5 Å². The Labute approximate surface area is 169 Å². The number of aromatic nitrogens is 2. The quantitative estimate of drug-likeness (QED) is 0.838. The SMILES string of the molecule is O=C(NC1CCSC1=O)c1ccc(N2CCC(Cc3ccccc3)CC2)nn1. The molecule has 2 aromatic rings. The standard InChI is InChI=1S/C21H24N4O2S/c26-20(22-18-10-13-28-21(18)27)17-6-7-19(24-23-17)25-11-8-16(9-12-25)14-15-4-2-1-3-5-15/h1-7,16,18H,8-14H2,(H,22,26). The first-order valence-electron chi connectivity index (χ1n) is 9.79. The minimum atomic E-state index is -0.400. The Morgan fingerprint density at radius 3 is 2.50 bits per heavy atom. The van der Waals surface area contributed by atoms with Crippen molar-refractivity contribution in [2.45, 2.75) is 31.7 Å². The number of hydrogen-bond acceptors (Lipinski definition) is 6. The number of rotatable bonds is 5. The number of anilines is 1. The maximum absolute atomic E-state index is 12.3. The average molecular weight is 397 g/mol. The number of nitrogens with zero attached hydrogens (tertiary/aromatic N) is 3. The van der Waals surface area contributed by atoms with Crippen LogP contribution in [0.4, 0.5) is 5.82 Å². The molecule has 0 bridgehead atoms. The summed E-state index contributed by atoms with van der Waals surface area (Å²) < 4.78 is 0. The van der Waals surface area contributed by atoms with Gasteiger partial charge in [-0.1, -0.05) is 42.1 Å². The van der Waals surface area contributed by atoms with Gasteiger partial charge in [-0.2, -0.15) is 0 Å². The highest BCUT2D eigenvalue weighted by Crippen LogP contribution is 2.24. The Balaban J connectivity index is 1.29. The molecule has 2 fully saturated rings. The maximum Gasteiger partial charge on any atom is 0.272 e. The van der Waals surface area contributed by atoms with Crippen molar-refractivity contribution in [3.63, 3.8) is 0 Å². The van der Waals surface area contributed by atoms with E-state index in [4.69, 9.17) is 0 Å². The highest BCUT2D eigenvalue weighted by molar-refractivity contribution is 8.14. The smallest absolute Gasteiger partial charge is 0.272 e. The first-order chi connectivity index (χ1) is 13.7. The highest BCUT2D eigenvalue weighted by Gasteiger charge is 2.27. The maximum atomic E-state index is 12.3. The number of carbonyl (C=O) groups excluding carboxylic acids is 2. The fourth-order valence-electron chi connectivity index (χ4n) is 3.79. The number of carbonyl (C=O) groups is 2. The molecule has 1 aromatic carbocycles. The molecule has 1 aromatic heterocycles. The van der Waals surface area contributed by atoms with E-state index in [1.165, 1.54) is 17.3 Å². The minimum absolute atomic E-state index is 0.0244. The lowest BCUT2D eigenvalue weighted by atomic mass is 9.90. The van der Waals surface area contributed by atoms with Crippen molar-refractivity contribution < 1.29 is 9.59 Å². The van der Waals surface area contributed by atoms with Crippen LogP contribution in [-0.2, 0) is 11.2 Å². The van der Waals surface area contributed by atoms with Crippen LogP contribution in [0.1, 0.15) is 35.3 Å². The zero-order valence-electron chi connectivity index (χ0n) is 15.7. The van der Waals surface area contributed by atoms with Crippen LogP contribution in [0, 0.1) is 5.92 Å². The van der Waals surface area contributed by atoms with E-state index in [0.717, 1.165) is 43.9 Å². The van der Waals surface area contributed by atoms with Crippen LogP contribution in [0.3, 0.4) is 0 Å². The summed E-state index contributed by atoms with van der Waals surface area (Å²) in [6.45, 7) is 1.90. The van der Waals surface area contributed by atoms with Crippen LogP contribution < -0.4 is 10.2 Å². The zero-order valence-corrected chi connectivity index (χ0v) is 16.5. The van der Waals surface area contributed by atoms with E-state index in [2.05, 4.69) is 50.7 Å². The number of piperidine rings is 1. The lowest BCUT2D eigenvalue weighted by molar-refractivity contribution is -0.112. The summed E-state index contributed by atoms with van der Waals surface area (Å²) in [5.74, 6) is 1.93. The fraction of sp³-hybridized carbons (Fsp3) is 0.429. The predicted molar refractivity (Wildman–Crippen MR) is 110 cm³/mol. The van der Waals surface area contributed by atoms with Crippen molar-refractivity contribution in [1.82, 2.24) is 15.5 Å². The molecule has 2 aliphatic rings. The summed E-state index contributed by atoms with van der Waals surface area (Å²) in [5, 5.41) is 11.1. The molecule has 1 N–H and O–H groups in total. The normalized spacial score (nSPS) is 20.4. The molecule has 0 aliphatic carbocycles. The zero-order chi connectivity index (χ0) is 19.3. The summed E-state index contributed by atoms with van der Waals surface area (Å²) >= 11 is 1.27. The Bertz CT molecular complexity index is 820. The van der Waals surface area contributed by atoms with Gasteiger partial charge in [0.2, 0.25) is 5.12 Å². The monoisotopic (exact) mass is 396 g/mol. The first kappa shape index (κ1) is 18.9. The van der Waals surface area contributed by atoms with E-state index in [9.17, 15) is 9.59 Å². The van der Waals surface area contributed by atoms with Crippen LogP contribution in [-0.4, -0.2) is 46.1 Å². The Kier molecular flexibility index (Phi) is 5.90. The van der Waals surface area contributed by atoms with Gasteiger partial charge in [0.25, 0.3) is 5.91 Å². The molecule has 0 radical (unpaired) electrons. The molecule has 4 rings (SSSR count). The van der Waals surface area contributed by atoms with Crippen LogP contribution in [0.5, 0.6) is 0 Å². The van der Waals surface area contributed by atoms with Gasteiger partial charge >= 0.3 is 0 Å². The van der Waals surface area contributed by atoms with Crippen LogP contribution in [0.2, 0.25) is 0 Å². The molecule has 146 valence electrons. The topological polar surface area (TPSA) is 75.2 Å². The van der Waals surface area contributed by atoms with Gasteiger partial charge in [-0.3, -0.25) is 9.59 Å². The Morgan fingerprint density at radius 1 is 1.07 bits per heavy atom. The van der Waals surface area contributed by atoms with E-state index in [1.54, 1.807) is 6.07 Å². The third-order valence-corrected chi connectivity index (χ3v) is 6.44. The molecular formula is C21H24N4O2S. The molecule has 2 saturated heterocycles. The van der Waals surface area contributed by atoms with Gasteiger partial charge in [-0.15, -0.1) is 10.2 Å². The summed E-state index contributed by atoms with van der Waals surface area (Å²) in [5.41, 5.74) is 1.66. The number of hydrogen-bond donors (Lipinski definition) is 1. The molecule has 6 nitrogen and oxygen atoms in total. The van der Waals surface area contributed by atoms with Crippen molar-refractivity contribution in [2.75, 3.05) is 23.7 Å². The minimum Gasteiger partial charge on any atom is -0.355 e. The Hall–Kier alpha value is -2.41. The molecule has 1 amide bonds. The van der Waals surface area contributed by atoms with Crippen LogP contribution >= 0.6 is 11.8 Å². The molecule has 0 saturated carbocycles. The summed E-state index contributed by atoms with van der Waals surface area (Å²) in [6.07, 6.45) is 4.05. The number of benzene rings is 1. The van der Waals surface area contributed by atoms with Crippen molar-refractivity contribution in [1.29, 1.82) is 0 Å². The Morgan fingerprint density at radius 2 is 1.86 bits per heavy atom. The van der Waals surface area contributed by atoms with Gasteiger partial charge in [-0.05, 0) is 49.3 Å². The number of thioether (sulfide) groups is 1. The number of nitrogens with one attached hydrogen (secondary N) is 1. The highest BCUT2D eigenvalue weighted by atomic mass is 32.2. The molecule has 0 spiro atoms. The number of amides is 1. The second-order valence-electron chi connectivity index (χ2n) is 7.38. The molecule has 28 heavy (non-hydrogen) atoms. The van der Waals surface area contributed by atoms with Gasteiger partial charge in [0, 0.05) is 18.8 Å². The van der Waals surface area contributed by atoms with Crippen molar-refractivity contribution >= 4 is 28.6 Å². The van der Waals surface area contributed by atoms with Crippen molar-refractivity contribution in [3.8, 4) is 0 Å². The molecular weight excluding hydrogens is 372 g/mol. The van der Waals surface area contributed by atoms with Gasteiger partial charge < -0.3 is 10.2 Å². The largest absolute Gasteiger partial charge is 0.355 e. The van der Waals surface area contributed by atoms with E-state index in [0.29, 0.717) is 12.3 Å². The average Bonchev–Trinajstić information content (AvgIpc) is 3.14. The molecule has 1 atom stereocenters. The lowest BCUT2D eigenvalue weighted by Gasteiger charge is -2.32. The van der Waals surface area contributed by atoms with E-state index in [-0.39, 0.29) is 16.7 Å². The third kappa shape index (κ3) is 4.52. The van der Waals surface area contributed by atoms with E-state index < -0.39 is 6.04 Å². The van der Waals surface area contributed by atoms with E-state index >= 15 is 0 Å². The fourth-order valence-corrected chi connectivity index (χ4v) is 4.72. The molecule has 2 aliphatic heterocycles. The van der Waals surface area contributed by atoms with Crippen LogP contribution in [0.25, 0.3) is 0 Å². The van der Waals surface area contributed by atoms with Crippen LogP contribution in [0.15, 0.2) is 42.5 Å².